The SMILES string of the molecule is O=C1O[C@@H](CN=C=S)CN1c1ccc(N2CCSCC2)cc1. The van der Waals surface area contributed by atoms with Gasteiger partial charge in [0.1, 0.15) is 6.10 Å². The molecule has 0 spiro atoms. The number of amides is 1. The normalized spacial score (nSPS) is 21.5. The Bertz CT molecular complexity index is 581. The molecule has 7 heteroatoms. The highest BCUT2D eigenvalue weighted by atomic mass is 32.2. The van der Waals surface area contributed by atoms with Crippen LogP contribution in [0, 0.1) is 0 Å². The molecular formula is C15H17N3O2S2. The van der Waals surface area contributed by atoms with Gasteiger partial charge in [0.2, 0.25) is 0 Å². The van der Waals surface area contributed by atoms with Crippen LogP contribution in [-0.4, -0.2) is 55.0 Å². The summed E-state index contributed by atoms with van der Waals surface area (Å²) in [6, 6.07) is 8.09. The summed E-state index contributed by atoms with van der Waals surface area (Å²) < 4.78 is 5.27. The molecule has 5 nitrogen and oxygen atoms in total. The van der Waals surface area contributed by atoms with Gasteiger partial charge in [-0.3, -0.25) is 4.90 Å². The molecule has 1 atom stereocenters. The van der Waals surface area contributed by atoms with E-state index in [4.69, 9.17) is 4.74 Å². The summed E-state index contributed by atoms with van der Waals surface area (Å²) in [6.45, 7) is 3.02. The smallest absolute Gasteiger partial charge is 0.414 e. The van der Waals surface area contributed by atoms with Crippen molar-refractivity contribution in [1.29, 1.82) is 0 Å². The van der Waals surface area contributed by atoms with Gasteiger partial charge in [-0.2, -0.15) is 11.8 Å². The summed E-state index contributed by atoms with van der Waals surface area (Å²) in [4.78, 5) is 19.8. The third-order valence-corrected chi connectivity index (χ3v) is 4.84. The molecular weight excluding hydrogens is 318 g/mol. The molecule has 2 heterocycles. The lowest BCUT2D eigenvalue weighted by Crippen LogP contribution is -2.32. The molecule has 2 saturated heterocycles. The molecule has 0 bridgehead atoms. The average molecular weight is 335 g/mol. The number of ether oxygens (including phenoxy) is 1. The minimum Gasteiger partial charge on any atom is -0.442 e. The van der Waals surface area contributed by atoms with Crippen LogP contribution < -0.4 is 9.80 Å². The van der Waals surface area contributed by atoms with E-state index in [9.17, 15) is 4.79 Å². The molecule has 0 aromatic heterocycles. The number of nitrogens with zero attached hydrogens (tertiary/aromatic N) is 3. The highest BCUT2D eigenvalue weighted by Crippen LogP contribution is 2.26. The van der Waals surface area contributed by atoms with Crippen LogP contribution >= 0.6 is 24.0 Å². The van der Waals surface area contributed by atoms with Gasteiger partial charge < -0.3 is 9.64 Å². The zero-order valence-corrected chi connectivity index (χ0v) is 13.7. The van der Waals surface area contributed by atoms with E-state index in [0.717, 1.165) is 18.8 Å². The predicted octanol–water partition coefficient (Wildman–Crippen LogP) is 2.67. The summed E-state index contributed by atoms with van der Waals surface area (Å²) in [5.74, 6) is 2.34. The van der Waals surface area contributed by atoms with Crippen LogP contribution in [0.1, 0.15) is 0 Å². The zero-order valence-electron chi connectivity index (χ0n) is 12.1. The van der Waals surface area contributed by atoms with E-state index in [2.05, 4.69) is 39.4 Å². The Labute approximate surface area is 139 Å². The predicted molar refractivity (Wildman–Crippen MR) is 93.5 cm³/mol. The Morgan fingerprint density at radius 3 is 2.64 bits per heavy atom. The Morgan fingerprint density at radius 1 is 1.27 bits per heavy atom. The molecule has 0 aliphatic carbocycles. The second kappa shape index (κ2) is 7.13. The molecule has 0 radical (unpaired) electrons. The third-order valence-electron chi connectivity index (χ3n) is 3.77. The number of benzene rings is 1. The number of hydrogen-bond acceptors (Lipinski definition) is 6. The van der Waals surface area contributed by atoms with Crippen molar-refractivity contribution in [3.05, 3.63) is 24.3 Å². The topological polar surface area (TPSA) is 45.1 Å². The fraction of sp³-hybridized carbons (Fsp3) is 0.467. The van der Waals surface area contributed by atoms with E-state index < -0.39 is 0 Å². The fourth-order valence-electron chi connectivity index (χ4n) is 2.63. The minimum atomic E-state index is -0.327. The van der Waals surface area contributed by atoms with Gasteiger partial charge >= 0.3 is 6.09 Å². The quantitative estimate of drug-likeness (QED) is 0.625. The molecule has 1 amide bonds. The number of carbonyl (C=O) groups is 1. The number of aliphatic imine (C=N–C) groups is 1. The first kappa shape index (κ1) is 15.3. The molecule has 1 aromatic carbocycles. The summed E-state index contributed by atoms with van der Waals surface area (Å²) in [7, 11) is 0. The van der Waals surface area contributed by atoms with Gasteiger partial charge in [0.05, 0.1) is 18.3 Å². The van der Waals surface area contributed by atoms with Crippen molar-refractivity contribution in [2.24, 2.45) is 4.99 Å². The van der Waals surface area contributed by atoms with Crippen molar-refractivity contribution in [1.82, 2.24) is 0 Å². The van der Waals surface area contributed by atoms with Crippen LogP contribution in [0.2, 0.25) is 0 Å². The number of carbonyl (C=O) groups excluding carboxylic acids is 1. The first-order valence-electron chi connectivity index (χ1n) is 7.22. The maximum Gasteiger partial charge on any atom is 0.414 e. The van der Waals surface area contributed by atoms with Crippen molar-refractivity contribution in [2.75, 3.05) is 47.5 Å². The highest BCUT2D eigenvalue weighted by Gasteiger charge is 2.32. The summed E-state index contributed by atoms with van der Waals surface area (Å²) >= 11 is 6.53. The minimum absolute atomic E-state index is 0.248. The lowest BCUT2D eigenvalue weighted by Gasteiger charge is -2.28. The Kier molecular flexibility index (Phi) is 4.97. The Balaban J connectivity index is 1.67. The number of thioether (sulfide) groups is 1. The number of thiocarbonyl (C=S) groups is 1. The van der Waals surface area contributed by atoms with Crippen molar-refractivity contribution in [2.45, 2.75) is 6.10 Å². The summed E-state index contributed by atoms with van der Waals surface area (Å²) in [5, 5.41) is 2.30. The average Bonchev–Trinajstić information content (AvgIpc) is 2.95. The second-order valence-corrected chi connectivity index (χ2v) is 6.57. The summed E-state index contributed by atoms with van der Waals surface area (Å²) in [5.41, 5.74) is 2.06. The molecule has 2 aliphatic rings. The van der Waals surface area contributed by atoms with E-state index in [1.54, 1.807) is 4.90 Å². The van der Waals surface area contributed by atoms with E-state index in [1.807, 2.05) is 23.9 Å². The van der Waals surface area contributed by atoms with Crippen LogP contribution in [0.3, 0.4) is 0 Å². The molecule has 2 fully saturated rings. The number of anilines is 2. The number of cyclic esters (lactones) is 1. The van der Waals surface area contributed by atoms with Crippen LogP contribution in [0.25, 0.3) is 0 Å². The molecule has 22 heavy (non-hydrogen) atoms. The van der Waals surface area contributed by atoms with E-state index in [1.165, 1.54) is 17.2 Å². The first-order valence-corrected chi connectivity index (χ1v) is 8.79. The van der Waals surface area contributed by atoms with Crippen LogP contribution in [0.5, 0.6) is 0 Å². The van der Waals surface area contributed by atoms with Crippen LogP contribution in [-0.2, 0) is 4.74 Å². The highest BCUT2D eigenvalue weighted by molar-refractivity contribution is 7.99. The van der Waals surface area contributed by atoms with Crippen molar-refractivity contribution >= 4 is 46.6 Å². The largest absolute Gasteiger partial charge is 0.442 e. The van der Waals surface area contributed by atoms with Gasteiger partial charge in [0.15, 0.2) is 0 Å². The monoisotopic (exact) mass is 335 g/mol. The summed E-state index contributed by atoms with van der Waals surface area (Å²) in [6.07, 6.45) is -0.576. The van der Waals surface area contributed by atoms with Gasteiger partial charge in [0.25, 0.3) is 0 Å². The Hall–Kier alpha value is -1.56. The maximum atomic E-state index is 11.9. The second-order valence-electron chi connectivity index (χ2n) is 5.16. The Morgan fingerprint density at radius 2 is 1.95 bits per heavy atom. The van der Waals surface area contributed by atoms with Crippen molar-refractivity contribution < 1.29 is 9.53 Å². The van der Waals surface area contributed by atoms with Crippen LogP contribution in [0.4, 0.5) is 16.2 Å². The van der Waals surface area contributed by atoms with Crippen molar-refractivity contribution in [3.63, 3.8) is 0 Å². The fourth-order valence-corrected chi connectivity index (χ4v) is 3.61. The van der Waals surface area contributed by atoms with E-state index >= 15 is 0 Å². The molecule has 0 N–H and O–H groups in total. The van der Waals surface area contributed by atoms with Gasteiger partial charge in [-0.25, -0.2) is 9.79 Å². The molecule has 2 aliphatic heterocycles. The lowest BCUT2D eigenvalue weighted by molar-refractivity contribution is 0.145. The van der Waals surface area contributed by atoms with Gasteiger partial charge in [0, 0.05) is 36.0 Å². The van der Waals surface area contributed by atoms with Gasteiger partial charge in [-0.1, -0.05) is 0 Å². The lowest BCUT2D eigenvalue weighted by atomic mass is 10.2. The number of hydrogen-bond donors (Lipinski definition) is 0. The van der Waals surface area contributed by atoms with Gasteiger partial charge in [-0.15, -0.1) is 0 Å². The first-order chi connectivity index (χ1) is 10.8. The zero-order chi connectivity index (χ0) is 15.4. The molecule has 0 unspecified atom stereocenters. The molecule has 1 aromatic rings. The number of rotatable bonds is 4. The third kappa shape index (κ3) is 3.43. The van der Waals surface area contributed by atoms with E-state index in [0.29, 0.717) is 13.1 Å². The molecule has 3 rings (SSSR count). The van der Waals surface area contributed by atoms with Crippen molar-refractivity contribution in [3.8, 4) is 0 Å². The number of isothiocyanates is 1. The standard InChI is InChI=1S/C15H17N3O2S2/c19-15-18(10-14(20-15)9-16-11-21)13-3-1-12(2-4-13)17-5-7-22-8-6-17/h1-4,14H,5-10H2/t14-/m0/s1. The van der Waals surface area contributed by atoms with E-state index in [-0.39, 0.29) is 12.2 Å². The molecule has 116 valence electrons. The van der Waals surface area contributed by atoms with Gasteiger partial charge in [-0.05, 0) is 36.5 Å². The van der Waals surface area contributed by atoms with Crippen LogP contribution in [0.15, 0.2) is 29.3 Å². The maximum absolute atomic E-state index is 11.9. The molecule has 0 saturated carbocycles.